The van der Waals surface area contributed by atoms with Gasteiger partial charge in [0.15, 0.2) is 0 Å². The first-order chi connectivity index (χ1) is 9.77. The Morgan fingerprint density at radius 1 is 0.952 bits per heavy atom. The minimum atomic E-state index is -3.42. The van der Waals surface area contributed by atoms with Crippen LogP contribution in [0.2, 0.25) is 0 Å². The zero-order valence-electron chi connectivity index (χ0n) is 12.2. The molecule has 0 spiro atoms. The Kier molecular flexibility index (Phi) is 4.07. The lowest BCUT2D eigenvalue weighted by atomic mass is 10.0. The number of nitrogens with one attached hydrogen (secondary N) is 1. The van der Waals surface area contributed by atoms with Crippen LogP contribution in [0.1, 0.15) is 38.5 Å². The normalized spacial score (nSPS) is 35.4. The first-order valence-corrected chi connectivity index (χ1v) is 10.8. The van der Waals surface area contributed by atoms with E-state index in [9.17, 15) is 16.8 Å². The maximum atomic E-state index is 12.3. The van der Waals surface area contributed by atoms with E-state index in [1.54, 1.807) is 4.31 Å². The summed E-state index contributed by atoms with van der Waals surface area (Å²) < 4.78 is 54.1. The van der Waals surface area contributed by atoms with Crippen LogP contribution in [0.5, 0.6) is 0 Å². The summed E-state index contributed by atoms with van der Waals surface area (Å²) in [5.74, 6) is 0. The molecule has 3 aliphatic heterocycles. The van der Waals surface area contributed by atoms with Crippen molar-refractivity contribution in [1.82, 2.24) is 13.3 Å². The number of hydrogen-bond donors (Lipinski definition) is 1. The van der Waals surface area contributed by atoms with E-state index in [1.807, 2.05) is 0 Å². The van der Waals surface area contributed by atoms with Crippen molar-refractivity contribution in [3.8, 4) is 0 Å². The Labute approximate surface area is 126 Å². The van der Waals surface area contributed by atoms with Gasteiger partial charge in [-0.25, -0.2) is 8.42 Å². The third-order valence-corrected chi connectivity index (χ3v) is 7.81. The van der Waals surface area contributed by atoms with E-state index < -0.39 is 20.2 Å². The number of piperidine rings is 1. The molecule has 0 aromatic carbocycles. The second-order valence-electron chi connectivity index (χ2n) is 6.38. The van der Waals surface area contributed by atoms with Crippen LogP contribution in [0.4, 0.5) is 0 Å². The van der Waals surface area contributed by atoms with Gasteiger partial charge >= 0.3 is 0 Å². The first kappa shape index (κ1) is 15.7. The molecule has 0 radical (unpaired) electrons. The third-order valence-electron chi connectivity index (χ3n) is 4.77. The Bertz CT molecular complexity index is 584. The van der Waals surface area contributed by atoms with E-state index in [0.717, 1.165) is 25.7 Å². The molecule has 3 fully saturated rings. The molecular weight excluding hydrogens is 314 g/mol. The summed E-state index contributed by atoms with van der Waals surface area (Å²) in [7, 11) is -6.62. The molecule has 7 nitrogen and oxygen atoms in total. The van der Waals surface area contributed by atoms with Gasteiger partial charge < -0.3 is 0 Å². The van der Waals surface area contributed by atoms with E-state index in [4.69, 9.17) is 0 Å². The molecule has 3 rings (SSSR count). The van der Waals surface area contributed by atoms with Gasteiger partial charge in [0.05, 0.1) is 6.26 Å². The van der Waals surface area contributed by atoms with E-state index in [0.29, 0.717) is 25.9 Å². The predicted octanol–water partition coefficient (Wildman–Crippen LogP) is -0.128. The minimum absolute atomic E-state index is 0.0509. The van der Waals surface area contributed by atoms with E-state index >= 15 is 0 Å². The highest BCUT2D eigenvalue weighted by molar-refractivity contribution is 7.88. The molecule has 0 aliphatic carbocycles. The average molecular weight is 337 g/mol. The van der Waals surface area contributed by atoms with Crippen molar-refractivity contribution < 1.29 is 16.8 Å². The maximum absolute atomic E-state index is 12.3. The van der Waals surface area contributed by atoms with Crippen molar-refractivity contribution in [3.63, 3.8) is 0 Å². The van der Waals surface area contributed by atoms with Gasteiger partial charge in [0.1, 0.15) is 0 Å². The topological polar surface area (TPSA) is 86.8 Å². The summed E-state index contributed by atoms with van der Waals surface area (Å²) in [5, 5.41) is 0. The smallest absolute Gasteiger partial charge is 0.212 e. The summed E-state index contributed by atoms with van der Waals surface area (Å²) in [6.07, 6.45) is 5.90. The van der Waals surface area contributed by atoms with Crippen molar-refractivity contribution in [3.05, 3.63) is 0 Å². The summed E-state index contributed by atoms with van der Waals surface area (Å²) in [6.45, 7) is 1.18. The molecule has 2 atom stereocenters. The summed E-state index contributed by atoms with van der Waals surface area (Å²) in [4.78, 5) is 0. The van der Waals surface area contributed by atoms with Gasteiger partial charge in [0.2, 0.25) is 10.0 Å². The fourth-order valence-corrected chi connectivity index (χ4v) is 6.95. The molecule has 0 aromatic heterocycles. The number of sulfonamides is 1. The lowest BCUT2D eigenvalue weighted by Crippen LogP contribution is -2.53. The van der Waals surface area contributed by atoms with Crippen molar-refractivity contribution in [2.45, 2.75) is 56.7 Å². The van der Waals surface area contributed by atoms with Crippen LogP contribution in [-0.2, 0) is 20.2 Å². The molecule has 2 unspecified atom stereocenters. The number of nitrogens with zero attached hydrogens (tertiary/aromatic N) is 2. The molecule has 21 heavy (non-hydrogen) atoms. The largest absolute Gasteiger partial charge is 0.279 e. The predicted molar refractivity (Wildman–Crippen MR) is 79.4 cm³/mol. The first-order valence-electron chi connectivity index (χ1n) is 7.53. The molecule has 9 heteroatoms. The van der Waals surface area contributed by atoms with Crippen LogP contribution in [0.25, 0.3) is 0 Å². The number of hydrogen-bond acceptors (Lipinski definition) is 4. The Balaban J connectivity index is 1.68. The standard InChI is InChI=1S/C12H23N3O4S2/c1-20(16,17)15-11-4-5-12(15)9-10(8-11)13-21(18,19)14-6-2-3-7-14/h10-13H,2-9H2,1H3. The highest BCUT2D eigenvalue weighted by atomic mass is 32.2. The number of rotatable bonds is 4. The van der Waals surface area contributed by atoms with Crippen LogP contribution < -0.4 is 4.72 Å². The lowest BCUT2D eigenvalue weighted by Gasteiger charge is -2.37. The summed E-state index contributed by atoms with van der Waals surface area (Å²) >= 11 is 0. The van der Waals surface area contributed by atoms with Crippen molar-refractivity contribution in [1.29, 1.82) is 0 Å². The summed E-state index contributed by atoms with van der Waals surface area (Å²) in [5.41, 5.74) is 0. The highest BCUT2D eigenvalue weighted by Crippen LogP contribution is 2.37. The van der Waals surface area contributed by atoms with E-state index in [-0.39, 0.29) is 18.1 Å². The SMILES string of the molecule is CS(=O)(=O)N1C2CCC1CC(NS(=O)(=O)N1CCCC1)C2. The molecule has 3 saturated heterocycles. The molecule has 2 bridgehead atoms. The minimum Gasteiger partial charge on any atom is -0.212 e. The second-order valence-corrected chi connectivity index (χ2v) is 9.97. The second kappa shape index (κ2) is 5.45. The Hall–Kier alpha value is -0.220. The van der Waals surface area contributed by atoms with Crippen molar-refractivity contribution in [2.75, 3.05) is 19.3 Å². The van der Waals surface area contributed by atoms with E-state index in [1.165, 1.54) is 10.6 Å². The third kappa shape index (κ3) is 3.12. The molecular formula is C12H23N3O4S2. The van der Waals surface area contributed by atoms with Gasteiger partial charge in [-0.2, -0.15) is 21.8 Å². The van der Waals surface area contributed by atoms with Gasteiger partial charge in [-0.05, 0) is 38.5 Å². The van der Waals surface area contributed by atoms with Crippen LogP contribution in [0, 0.1) is 0 Å². The molecule has 3 aliphatic rings. The van der Waals surface area contributed by atoms with Gasteiger partial charge in [-0.1, -0.05) is 0 Å². The fraction of sp³-hybridized carbons (Fsp3) is 1.00. The zero-order valence-corrected chi connectivity index (χ0v) is 13.9. The lowest BCUT2D eigenvalue weighted by molar-refractivity contribution is 0.219. The molecule has 0 aromatic rings. The molecule has 0 amide bonds. The maximum Gasteiger partial charge on any atom is 0.279 e. The Morgan fingerprint density at radius 3 is 1.95 bits per heavy atom. The zero-order chi connectivity index (χ0) is 15.3. The molecule has 1 N–H and O–H groups in total. The van der Waals surface area contributed by atoms with Crippen LogP contribution in [0.3, 0.4) is 0 Å². The highest BCUT2D eigenvalue weighted by Gasteiger charge is 2.46. The molecule has 3 heterocycles. The van der Waals surface area contributed by atoms with Crippen molar-refractivity contribution in [2.24, 2.45) is 0 Å². The van der Waals surface area contributed by atoms with E-state index in [2.05, 4.69) is 4.72 Å². The van der Waals surface area contributed by atoms with Crippen molar-refractivity contribution >= 4 is 20.2 Å². The van der Waals surface area contributed by atoms with Gasteiger partial charge in [-0.15, -0.1) is 0 Å². The van der Waals surface area contributed by atoms with Gasteiger partial charge in [-0.3, -0.25) is 0 Å². The monoisotopic (exact) mass is 337 g/mol. The average Bonchev–Trinajstić information content (AvgIpc) is 2.95. The fourth-order valence-electron chi connectivity index (χ4n) is 3.99. The van der Waals surface area contributed by atoms with Crippen LogP contribution in [0.15, 0.2) is 0 Å². The van der Waals surface area contributed by atoms with Gasteiger partial charge in [0, 0.05) is 31.2 Å². The summed E-state index contributed by atoms with van der Waals surface area (Å²) in [6, 6.07) is -0.249. The molecule has 122 valence electrons. The van der Waals surface area contributed by atoms with Crippen LogP contribution in [-0.4, -0.2) is 62.9 Å². The number of fused-ring (bicyclic) bond motifs is 2. The Morgan fingerprint density at radius 2 is 1.48 bits per heavy atom. The van der Waals surface area contributed by atoms with Crippen LogP contribution >= 0.6 is 0 Å². The van der Waals surface area contributed by atoms with Gasteiger partial charge in [0.25, 0.3) is 10.2 Å². The quantitative estimate of drug-likeness (QED) is 0.774. The molecule has 0 saturated carbocycles.